The van der Waals surface area contributed by atoms with Crippen molar-refractivity contribution >= 4 is 0 Å². The van der Waals surface area contributed by atoms with Gasteiger partial charge in [-0.1, -0.05) is 31.6 Å². The summed E-state index contributed by atoms with van der Waals surface area (Å²) in [6.07, 6.45) is 6.56. The lowest BCUT2D eigenvalue weighted by atomic mass is 10.0. The molecule has 0 radical (unpaired) electrons. The van der Waals surface area contributed by atoms with Crippen molar-refractivity contribution in [3.8, 4) is 0 Å². The topological polar surface area (TPSA) is 0 Å². The maximum atomic E-state index is 3.70. The van der Waals surface area contributed by atoms with Crippen LogP contribution in [0, 0.1) is 5.92 Å². The summed E-state index contributed by atoms with van der Waals surface area (Å²) in [5.74, 6) is 0.664. The van der Waals surface area contributed by atoms with Crippen molar-refractivity contribution in [2.45, 2.75) is 33.6 Å². The van der Waals surface area contributed by atoms with E-state index in [1.807, 2.05) is 6.08 Å². The van der Waals surface area contributed by atoms with Crippen molar-refractivity contribution in [3.05, 3.63) is 24.3 Å². The zero-order chi connectivity index (χ0) is 7.98. The van der Waals surface area contributed by atoms with Gasteiger partial charge in [0, 0.05) is 0 Å². The first-order valence-corrected chi connectivity index (χ1v) is 3.98. The highest BCUT2D eigenvalue weighted by molar-refractivity contribution is 5.00. The first kappa shape index (κ1) is 9.48. The summed E-state index contributed by atoms with van der Waals surface area (Å²) >= 11 is 0. The van der Waals surface area contributed by atoms with Crippen LogP contribution in [-0.2, 0) is 0 Å². The Hall–Kier alpha value is -0.520. The summed E-state index contributed by atoms with van der Waals surface area (Å²) in [5.41, 5.74) is 1.48. The van der Waals surface area contributed by atoms with E-state index in [-0.39, 0.29) is 0 Å². The lowest BCUT2D eigenvalue weighted by Crippen LogP contribution is -1.87. The number of hydrogen-bond acceptors (Lipinski definition) is 0. The van der Waals surface area contributed by atoms with Gasteiger partial charge in [0.15, 0.2) is 0 Å². The molecule has 0 rings (SSSR count). The zero-order valence-corrected chi connectivity index (χ0v) is 7.35. The molecule has 0 aromatic carbocycles. The van der Waals surface area contributed by atoms with Crippen molar-refractivity contribution in [1.82, 2.24) is 0 Å². The smallest absolute Gasteiger partial charge is 0.0225 e. The van der Waals surface area contributed by atoms with Gasteiger partial charge in [0.1, 0.15) is 0 Å². The maximum absolute atomic E-state index is 3.70. The van der Waals surface area contributed by atoms with Crippen molar-refractivity contribution in [2.24, 2.45) is 5.92 Å². The molecule has 1 atom stereocenters. The lowest BCUT2D eigenvalue weighted by molar-refractivity contribution is 0.734. The van der Waals surface area contributed by atoms with Crippen LogP contribution < -0.4 is 0 Å². The zero-order valence-electron chi connectivity index (χ0n) is 7.35. The molecular formula is C10H18. The molecule has 0 saturated carbocycles. The van der Waals surface area contributed by atoms with E-state index in [9.17, 15) is 0 Å². The Morgan fingerprint density at radius 3 is 2.60 bits per heavy atom. The predicted octanol–water partition coefficient (Wildman–Crippen LogP) is 3.55. The molecular weight excluding hydrogens is 120 g/mol. The van der Waals surface area contributed by atoms with Crippen LogP contribution in [0.2, 0.25) is 0 Å². The minimum atomic E-state index is 0.664. The number of hydrogen-bond donors (Lipinski definition) is 0. The molecule has 0 fully saturated rings. The first-order chi connectivity index (χ1) is 4.70. The predicted molar refractivity (Wildman–Crippen MR) is 48.0 cm³/mol. The van der Waals surface area contributed by atoms with Crippen LogP contribution in [-0.4, -0.2) is 0 Å². The summed E-state index contributed by atoms with van der Waals surface area (Å²) in [6, 6.07) is 0. The normalized spacial score (nSPS) is 14.9. The standard InChI is InChI=1S/C10H18/c1-5-7-10(4)8-9(3)6-2/h5,8,10H,1,6-7H2,2-4H3. The second kappa shape index (κ2) is 5.28. The number of allylic oxidation sites excluding steroid dienone is 3. The molecule has 1 unspecified atom stereocenters. The van der Waals surface area contributed by atoms with E-state index in [2.05, 4.69) is 33.4 Å². The van der Waals surface area contributed by atoms with E-state index in [0.29, 0.717) is 5.92 Å². The van der Waals surface area contributed by atoms with Crippen LogP contribution >= 0.6 is 0 Å². The second-order valence-corrected chi connectivity index (χ2v) is 2.87. The van der Waals surface area contributed by atoms with Crippen molar-refractivity contribution in [2.75, 3.05) is 0 Å². The van der Waals surface area contributed by atoms with Crippen LogP contribution in [0.5, 0.6) is 0 Å². The number of rotatable bonds is 4. The van der Waals surface area contributed by atoms with E-state index < -0.39 is 0 Å². The Balaban J connectivity index is 3.73. The SMILES string of the molecule is C=CCC(C)C=C(C)CC. The minimum absolute atomic E-state index is 0.664. The summed E-state index contributed by atoms with van der Waals surface area (Å²) in [5, 5.41) is 0. The van der Waals surface area contributed by atoms with Crippen LogP contribution in [0.25, 0.3) is 0 Å². The highest BCUT2D eigenvalue weighted by Crippen LogP contribution is 2.09. The quantitative estimate of drug-likeness (QED) is 0.521. The molecule has 0 amide bonds. The molecule has 10 heavy (non-hydrogen) atoms. The molecule has 0 N–H and O–H groups in total. The average Bonchev–Trinajstić information content (AvgIpc) is 1.88. The molecule has 58 valence electrons. The van der Waals surface area contributed by atoms with Gasteiger partial charge in [-0.15, -0.1) is 6.58 Å². The molecule has 0 heteroatoms. The van der Waals surface area contributed by atoms with Crippen LogP contribution in [0.15, 0.2) is 24.3 Å². The Kier molecular flexibility index (Phi) is 5.00. The molecule has 0 aromatic heterocycles. The van der Waals surface area contributed by atoms with Crippen molar-refractivity contribution in [1.29, 1.82) is 0 Å². The highest BCUT2D eigenvalue weighted by Gasteiger charge is 1.93. The molecule has 0 saturated heterocycles. The van der Waals surface area contributed by atoms with E-state index >= 15 is 0 Å². The van der Waals surface area contributed by atoms with Crippen molar-refractivity contribution in [3.63, 3.8) is 0 Å². The average molecular weight is 138 g/mol. The summed E-state index contributed by atoms with van der Waals surface area (Å²) in [4.78, 5) is 0. The van der Waals surface area contributed by atoms with E-state index in [1.165, 1.54) is 12.0 Å². The van der Waals surface area contributed by atoms with Crippen LogP contribution in [0.4, 0.5) is 0 Å². The fourth-order valence-corrected chi connectivity index (χ4v) is 0.934. The van der Waals surface area contributed by atoms with Crippen LogP contribution in [0.1, 0.15) is 33.6 Å². The Bertz CT molecular complexity index is 120. The molecule has 0 nitrogen and oxygen atoms in total. The van der Waals surface area contributed by atoms with Gasteiger partial charge in [-0.3, -0.25) is 0 Å². The fourth-order valence-electron chi connectivity index (χ4n) is 0.934. The summed E-state index contributed by atoms with van der Waals surface area (Å²) < 4.78 is 0. The summed E-state index contributed by atoms with van der Waals surface area (Å²) in [7, 11) is 0. The van der Waals surface area contributed by atoms with E-state index in [1.54, 1.807) is 0 Å². The van der Waals surface area contributed by atoms with Gasteiger partial charge in [-0.25, -0.2) is 0 Å². The molecule has 0 aliphatic heterocycles. The van der Waals surface area contributed by atoms with Gasteiger partial charge in [0.05, 0.1) is 0 Å². The molecule has 0 spiro atoms. The highest BCUT2D eigenvalue weighted by atomic mass is 14.0. The Morgan fingerprint density at radius 2 is 2.20 bits per heavy atom. The van der Waals surface area contributed by atoms with Gasteiger partial charge in [-0.05, 0) is 25.7 Å². The molecule has 0 bridgehead atoms. The lowest BCUT2D eigenvalue weighted by Gasteiger charge is -2.02. The minimum Gasteiger partial charge on any atom is -0.103 e. The third kappa shape index (κ3) is 4.37. The van der Waals surface area contributed by atoms with Gasteiger partial charge in [0.25, 0.3) is 0 Å². The van der Waals surface area contributed by atoms with Gasteiger partial charge in [-0.2, -0.15) is 0 Å². The first-order valence-electron chi connectivity index (χ1n) is 3.98. The second-order valence-electron chi connectivity index (χ2n) is 2.87. The van der Waals surface area contributed by atoms with E-state index in [4.69, 9.17) is 0 Å². The molecule has 0 aliphatic carbocycles. The molecule has 0 aliphatic rings. The van der Waals surface area contributed by atoms with Gasteiger partial charge >= 0.3 is 0 Å². The van der Waals surface area contributed by atoms with Gasteiger partial charge in [0.2, 0.25) is 0 Å². The van der Waals surface area contributed by atoms with Crippen LogP contribution in [0.3, 0.4) is 0 Å². The van der Waals surface area contributed by atoms with E-state index in [0.717, 1.165) is 6.42 Å². The fraction of sp³-hybridized carbons (Fsp3) is 0.600. The monoisotopic (exact) mass is 138 g/mol. The third-order valence-electron chi connectivity index (χ3n) is 1.67. The largest absolute Gasteiger partial charge is 0.103 e. The third-order valence-corrected chi connectivity index (χ3v) is 1.67. The Labute approximate surface area is 64.6 Å². The summed E-state index contributed by atoms with van der Waals surface area (Å²) in [6.45, 7) is 10.3. The maximum Gasteiger partial charge on any atom is -0.0225 e. The molecule has 0 heterocycles. The molecule has 0 aromatic rings. The Morgan fingerprint density at radius 1 is 1.60 bits per heavy atom. The van der Waals surface area contributed by atoms with Crippen molar-refractivity contribution < 1.29 is 0 Å². The van der Waals surface area contributed by atoms with Gasteiger partial charge < -0.3 is 0 Å².